The first kappa shape index (κ1) is 13.9. The third kappa shape index (κ3) is 4.81. The Morgan fingerprint density at radius 3 is 2.38 bits per heavy atom. The molecule has 0 aromatic carbocycles. The summed E-state index contributed by atoms with van der Waals surface area (Å²) < 4.78 is 0. The lowest BCUT2D eigenvalue weighted by Crippen LogP contribution is -2.48. The number of hydrogen-bond donors (Lipinski definition) is 2. The van der Waals surface area contributed by atoms with E-state index >= 15 is 0 Å². The van der Waals surface area contributed by atoms with Crippen molar-refractivity contribution in [3.8, 4) is 0 Å². The van der Waals surface area contributed by atoms with Gasteiger partial charge in [-0.2, -0.15) is 0 Å². The molecule has 1 atom stereocenters. The highest BCUT2D eigenvalue weighted by Gasteiger charge is 2.20. The lowest BCUT2D eigenvalue weighted by Gasteiger charge is -2.34. The minimum absolute atomic E-state index is 0.234. The summed E-state index contributed by atoms with van der Waals surface area (Å²) in [4.78, 5) is 2.49. The fourth-order valence-corrected chi connectivity index (χ4v) is 2.52. The minimum Gasteiger partial charge on any atom is -0.395 e. The van der Waals surface area contributed by atoms with E-state index in [0.717, 1.165) is 12.5 Å². The molecule has 0 amide bonds. The van der Waals surface area contributed by atoms with Crippen LogP contribution in [0, 0.1) is 5.92 Å². The molecule has 1 heterocycles. The van der Waals surface area contributed by atoms with Crippen molar-refractivity contribution in [1.82, 2.24) is 10.2 Å². The SMILES string of the molecule is CCC1CCN(CC(CO)NC(C)C)CC1. The predicted molar refractivity (Wildman–Crippen MR) is 68.6 cm³/mol. The van der Waals surface area contributed by atoms with Crippen LogP contribution in [0.4, 0.5) is 0 Å². The molecular weight excluding hydrogens is 200 g/mol. The molecule has 1 rings (SSSR count). The summed E-state index contributed by atoms with van der Waals surface area (Å²) in [6.45, 7) is 10.2. The first-order chi connectivity index (χ1) is 7.65. The molecule has 1 aliphatic rings. The number of nitrogens with zero attached hydrogens (tertiary/aromatic N) is 1. The maximum atomic E-state index is 9.31. The normalized spacial score (nSPS) is 21.6. The zero-order chi connectivity index (χ0) is 12.0. The first-order valence-electron chi connectivity index (χ1n) is 6.75. The molecule has 16 heavy (non-hydrogen) atoms. The second-order valence-electron chi connectivity index (χ2n) is 5.35. The molecule has 1 aliphatic heterocycles. The molecule has 0 spiro atoms. The second-order valence-corrected chi connectivity index (χ2v) is 5.35. The molecule has 1 unspecified atom stereocenters. The molecule has 0 radical (unpaired) electrons. The Hall–Kier alpha value is -0.120. The van der Waals surface area contributed by atoms with Crippen molar-refractivity contribution in [2.24, 2.45) is 5.92 Å². The van der Waals surface area contributed by atoms with Gasteiger partial charge in [-0.3, -0.25) is 0 Å². The molecule has 1 fully saturated rings. The van der Waals surface area contributed by atoms with Gasteiger partial charge in [0.05, 0.1) is 6.61 Å². The summed E-state index contributed by atoms with van der Waals surface area (Å²) in [5.74, 6) is 0.932. The lowest BCUT2D eigenvalue weighted by atomic mass is 9.94. The first-order valence-corrected chi connectivity index (χ1v) is 6.75. The number of likely N-dealkylation sites (tertiary alicyclic amines) is 1. The smallest absolute Gasteiger partial charge is 0.0597 e. The van der Waals surface area contributed by atoms with E-state index in [2.05, 4.69) is 31.0 Å². The topological polar surface area (TPSA) is 35.5 Å². The Kier molecular flexibility index (Phi) is 6.32. The van der Waals surface area contributed by atoms with Gasteiger partial charge in [-0.05, 0) is 31.8 Å². The fraction of sp³-hybridized carbons (Fsp3) is 1.00. The molecular formula is C13H28N2O. The van der Waals surface area contributed by atoms with E-state index in [1.165, 1.54) is 32.4 Å². The third-order valence-corrected chi connectivity index (χ3v) is 3.55. The van der Waals surface area contributed by atoms with Crippen molar-refractivity contribution in [3.63, 3.8) is 0 Å². The van der Waals surface area contributed by atoms with Crippen LogP contribution >= 0.6 is 0 Å². The van der Waals surface area contributed by atoms with Crippen molar-refractivity contribution in [1.29, 1.82) is 0 Å². The molecule has 3 nitrogen and oxygen atoms in total. The van der Waals surface area contributed by atoms with Gasteiger partial charge < -0.3 is 15.3 Å². The molecule has 2 N–H and O–H groups in total. The summed E-state index contributed by atoms with van der Waals surface area (Å²) in [6.07, 6.45) is 3.98. The van der Waals surface area contributed by atoms with Gasteiger partial charge in [-0.25, -0.2) is 0 Å². The Bertz CT molecular complexity index is 177. The van der Waals surface area contributed by atoms with E-state index in [-0.39, 0.29) is 12.6 Å². The summed E-state index contributed by atoms with van der Waals surface area (Å²) in [5, 5.41) is 12.7. The predicted octanol–water partition coefficient (Wildman–Crippen LogP) is 1.47. The van der Waals surface area contributed by atoms with Gasteiger partial charge >= 0.3 is 0 Å². The van der Waals surface area contributed by atoms with Crippen LogP contribution in [0.15, 0.2) is 0 Å². The van der Waals surface area contributed by atoms with E-state index in [1.807, 2.05) is 0 Å². The highest BCUT2D eigenvalue weighted by molar-refractivity contribution is 4.77. The molecule has 0 bridgehead atoms. The van der Waals surface area contributed by atoms with Gasteiger partial charge in [0.2, 0.25) is 0 Å². The van der Waals surface area contributed by atoms with Gasteiger partial charge in [-0.15, -0.1) is 0 Å². The third-order valence-electron chi connectivity index (χ3n) is 3.55. The van der Waals surface area contributed by atoms with Crippen LogP contribution in [0.2, 0.25) is 0 Å². The van der Waals surface area contributed by atoms with Crippen LogP contribution in [-0.2, 0) is 0 Å². The van der Waals surface area contributed by atoms with Crippen molar-refractivity contribution in [2.75, 3.05) is 26.2 Å². The number of hydrogen-bond acceptors (Lipinski definition) is 3. The number of nitrogens with one attached hydrogen (secondary N) is 1. The van der Waals surface area contributed by atoms with Crippen molar-refractivity contribution >= 4 is 0 Å². The summed E-state index contributed by atoms with van der Waals surface area (Å²) in [6, 6.07) is 0.684. The van der Waals surface area contributed by atoms with E-state index < -0.39 is 0 Å². The number of piperidine rings is 1. The van der Waals surface area contributed by atoms with E-state index in [0.29, 0.717) is 6.04 Å². The summed E-state index contributed by atoms with van der Waals surface area (Å²) in [5.41, 5.74) is 0. The zero-order valence-corrected chi connectivity index (χ0v) is 11.1. The Labute approximate surface area is 100 Å². The monoisotopic (exact) mass is 228 g/mol. The average Bonchev–Trinajstić information content (AvgIpc) is 2.28. The van der Waals surface area contributed by atoms with Gasteiger partial charge in [0, 0.05) is 18.6 Å². The Morgan fingerprint density at radius 2 is 1.94 bits per heavy atom. The van der Waals surface area contributed by atoms with Crippen LogP contribution < -0.4 is 5.32 Å². The summed E-state index contributed by atoms with van der Waals surface area (Å²) in [7, 11) is 0. The van der Waals surface area contributed by atoms with Crippen LogP contribution in [0.1, 0.15) is 40.0 Å². The highest BCUT2D eigenvalue weighted by atomic mass is 16.3. The molecule has 0 aromatic heterocycles. The van der Waals surface area contributed by atoms with E-state index in [9.17, 15) is 5.11 Å². The minimum atomic E-state index is 0.234. The number of aliphatic hydroxyl groups excluding tert-OH is 1. The van der Waals surface area contributed by atoms with Crippen LogP contribution in [0.5, 0.6) is 0 Å². The Balaban J connectivity index is 2.25. The van der Waals surface area contributed by atoms with Crippen molar-refractivity contribution in [2.45, 2.75) is 52.1 Å². The van der Waals surface area contributed by atoms with Crippen LogP contribution in [0.3, 0.4) is 0 Å². The zero-order valence-electron chi connectivity index (χ0n) is 11.1. The number of rotatable bonds is 6. The largest absolute Gasteiger partial charge is 0.395 e. The van der Waals surface area contributed by atoms with Gasteiger partial charge in [0.1, 0.15) is 0 Å². The van der Waals surface area contributed by atoms with Crippen LogP contribution in [0.25, 0.3) is 0 Å². The fourth-order valence-electron chi connectivity index (χ4n) is 2.52. The molecule has 0 saturated carbocycles. The van der Waals surface area contributed by atoms with Gasteiger partial charge in [0.15, 0.2) is 0 Å². The average molecular weight is 228 g/mol. The van der Waals surface area contributed by atoms with Crippen LogP contribution in [-0.4, -0.2) is 48.3 Å². The maximum Gasteiger partial charge on any atom is 0.0597 e. The molecule has 3 heteroatoms. The van der Waals surface area contributed by atoms with Gasteiger partial charge in [-0.1, -0.05) is 27.2 Å². The number of aliphatic hydroxyl groups is 1. The molecule has 0 aromatic rings. The van der Waals surface area contributed by atoms with Crippen molar-refractivity contribution in [3.05, 3.63) is 0 Å². The van der Waals surface area contributed by atoms with E-state index in [4.69, 9.17) is 0 Å². The molecule has 96 valence electrons. The van der Waals surface area contributed by atoms with Crippen molar-refractivity contribution < 1.29 is 5.11 Å². The standard InChI is InChI=1S/C13H28N2O/c1-4-12-5-7-15(8-6-12)9-13(10-16)14-11(2)3/h11-14,16H,4-10H2,1-3H3. The lowest BCUT2D eigenvalue weighted by molar-refractivity contribution is 0.137. The highest BCUT2D eigenvalue weighted by Crippen LogP contribution is 2.19. The van der Waals surface area contributed by atoms with Gasteiger partial charge in [0.25, 0.3) is 0 Å². The second kappa shape index (κ2) is 7.25. The van der Waals surface area contributed by atoms with E-state index in [1.54, 1.807) is 0 Å². The Morgan fingerprint density at radius 1 is 1.31 bits per heavy atom. The quantitative estimate of drug-likeness (QED) is 0.722. The molecule has 0 aliphatic carbocycles. The maximum absolute atomic E-state index is 9.31. The summed E-state index contributed by atoms with van der Waals surface area (Å²) >= 11 is 0. The molecule has 1 saturated heterocycles.